The van der Waals surface area contributed by atoms with Gasteiger partial charge in [-0.2, -0.15) is 0 Å². The summed E-state index contributed by atoms with van der Waals surface area (Å²) in [7, 11) is 1.91. The number of fused-ring (bicyclic) bond motifs is 3. The Labute approximate surface area is 284 Å². The van der Waals surface area contributed by atoms with Crippen molar-refractivity contribution in [1.29, 1.82) is 0 Å². The van der Waals surface area contributed by atoms with Gasteiger partial charge in [-0.15, -0.1) is 12.4 Å². The van der Waals surface area contributed by atoms with E-state index in [0.717, 1.165) is 36.5 Å². The summed E-state index contributed by atoms with van der Waals surface area (Å²) in [6.45, 7) is 12.1. The zero-order valence-corrected chi connectivity index (χ0v) is 29.1. The van der Waals surface area contributed by atoms with Crippen molar-refractivity contribution in [2.75, 3.05) is 36.5 Å². The number of ether oxygens (including phenoxy) is 1. The molecule has 4 nitrogen and oxygen atoms in total. The Morgan fingerprint density at radius 1 is 0.778 bits per heavy atom. The van der Waals surface area contributed by atoms with Crippen LogP contribution in [-0.4, -0.2) is 42.8 Å². The summed E-state index contributed by atoms with van der Waals surface area (Å²) in [5.41, 5.74) is 4.89. The third kappa shape index (κ3) is 8.39. The summed E-state index contributed by atoms with van der Waals surface area (Å²) < 4.78 is 5.84. The largest absolute Gasteiger partial charge is 0.432 e. The van der Waals surface area contributed by atoms with Gasteiger partial charge >= 0.3 is 0 Å². The minimum Gasteiger partial charge on any atom is -0.432 e. The number of anilines is 3. The molecule has 5 aromatic rings. The van der Waals surface area contributed by atoms with Crippen molar-refractivity contribution in [3.8, 4) is 5.75 Å². The van der Waals surface area contributed by atoms with Crippen LogP contribution in [0.25, 0.3) is 10.8 Å². The molecule has 1 atom stereocenters. The van der Waals surface area contributed by atoms with Crippen molar-refractivity contribution in [2.45, 2.75) is 43.5 Å². The Hall–Kier alpha value is -3.55. The molecular weight excluding hydrogens is 614 g/mol. The van der Waals surface area contributed by atoms with Crippen LogP contribution < -0.4 is 14.5 Å². The fourth-order valence-electron chi connectivity index (χ4n) is 5.55. The molecule has 0 aliphatic carbocycles. The number of benzene rings is 5. The van der Waals surface area contributed by atoms with E-state index >= 15 is 0 Å². The van der Waals surface area contributed by atoms with Crippen LogP contribution in [0.1, 0.15) is 26.3 Å². The van der Waals surface area contributed by atoms with Crippen LogP contribution in [0.3, 0.4) is 0 Å². The first-order valence-electron chi connectivity index (χ1n) is 15.3. The molecule has 45 heavy (non-hydrogen) atoms. The van der Waals surface area contributed by atoms with E-state index in [4.69, 9.17) is 17.0 Å². The molecule has 1 heterocycles. The smallest absolute Gasteiger partial charge is 0.269 e. The van der Waals surface area contributed by atoms with Gasteiger partial charge in [0.15, 0.2) is 0 Å². The number of likely N-dealkylation sites (N-methyl/N-ethyl adjacent to an activating group) is 1. The molecule has 6 rings (SSSR count). The summed E-state index contributed by atoms with van der Waals surface area (Å²) in [6, 6.07) is 40.4. The van der Waals surface area contributed by atoms with E-state index in [1.807, 2.05) is 66.2 Å². The molecule has 0 aromatic heterocycles. The SMILES string of the molecule is CCN(CC)C(C)CN1c2ccccc2Sc2ccccc21.Cc1cccc(N(C)C(=S)Oc2ccc3ccccc3c2)c1.Cl. The van der Waals surface area contributed by atoms with Gasteiger partial charge in [0.25, 0.3) is 5.17 Å². The molecule has 1 unspecified atom stereocenters. The molecule has 0 saturated carbocycles. The second-order valence-electron chi connectivity index (χ2n) is 11.0. The third-order valence-corrected chi connectivity index (χ3v) is 9.49. The average Bonchev–Trinajstić information content (AvgIpc) is 3.05. The normalized spacial score (nSPS) is 12.3. The van der Waals surface area contributed by atoms with Gasteiger partial charge in [-0.3, -0.25) is 4.90 Å². The van der Waals surface area contributed by atoms with Crippen molar-refractivity contribution >= 4 is 69.4 Å². The van der Waals surface area contributed by atoms with E-state index in [1.165, 1.54) is 32.1 Å². The minimum atomic E-state index is 0. The molecule has 0 amide bonds. The van der Waals surface area contributed by atoms with Crippen LogP contribution in [-0.2, 0) is 0 Å². The summed E-state index contributed by atoms with van der Waals surface area (Å²) in [4.78, 5) is 9.59. The molecule has 0 saturated heterocycles. The Bertz CT molecular complexity index is 1680. The Kier molecular flexibility index (Phi) is 12.3. The monoisotopic (exact) mass is 655 g/mol. The number of para-hydroxylation sites is 2. The molecule has 0 fully saturated rings. The number of hydrogen-bond acceptors (Lipinski definition) is 5. The highest BCUT2D eigenvalue weighted by atomic mass is 35.5. The van der Waals surface area contributed by atoms with Crippen LogP contribution >= 0.6 is 36.4 Å². The Morgan fingerprint density at radius 3 is 2.00 bits per heavy atom. The third-order valence-electron chi connectivity index (χ3n) is 8.00. The zero-order valence-electron chi connectivity index (χ0n) is 26.6. The number of nitrogens with zero attached hydrogens (tertiary/aromatic N) is 3. The predicted octanol–water partition coefficient (Wildman–Crippen LogP) is 10.4. The van der Waals surface area contributed by atoms with Gasteiger partial charge in [-0.1, -0.05) is 92.3 Å². The lowest BCUT2D eigenvalue weighted by Crippen LogP contribution is -2.41. The average molecular weight is 656 g/mol. The molecule has 7 heteroatoms. The summed E-state index contributed by atoms with van der Waals surface area (Å²) in [5.74, 6) is 0.753. The van der Waals surface area contributed by atoms with Crippen molar-refractivity contribution in [3.05, 3.63) is 121 Å². The van der Waals surface area contributed by atoms with Crippen molar-refractivity contribution < 1.29 is 4.74 Å². The lowest BCUT2D eigenvalue weighted by atomic mass is 10.1. The van der Waals surface area contributed by atoms with E-state index < -0.39 is 0 Å². The maximum atomic E-state index is 5.84. The Balaban J connectivity index is 0.000000200. The highest BCUT2D eigenvalue weighted by molar-refractivity contribution is 7.99. The number of halogens is 1. The first kappa shape index (κ1) is 34.3. The van der Waals surface area contributed by atoms with Gasteiger partial charge in [-0.05, 0) is 104 Å². The Morgan fingerprint density at radius 2 is 1.38 bits per heavy atom. The second kappa shape index (κ2) is 16.1. The molecule has 1 aliphatic heterocycles. The first-order valence-corrected chi connectivity index (χ1v) is 16.5. The lowest BCUT2D eigenvalue weighted by Gasteiger charge is -2.37. The number of rotatable bonds is 7. The highest BCUT2D eigenvalue weighted by Gasteiger charge is 2.25. The van der Waals surface area contributed by atoms with Crippen LogP contribution in [0.2, 0.25) is 0 Å². The zero-order chi connectivity index (χ0) is 31.1. The van der Waals surface area contributed by atoms with Crippen LogP contribution in [0, 0.1) is 6.92 Å². The summed E-state index contributed by atoms with van der Waals surface area (Å²) in [5, 5.41) is 2.76. The maximum Gasteiger partial charge on any atom is 0.269 e. The molecule has 0 bridgehead atoms. The highest BCUT2D eigenvalue weighted by Crippen LogP contribution is 2.47. The topological polar surface area (TPSA) is 19.0 Å². The number of hydrogen-bond donors (Lipinski definition) is 0. The lowest BCUT2D eigenvalue weighted by molar-refractivity contribution is 0.236. The molecule has 1 aliphatic rings. The van der Waals surface area contributed by atoms with E-state index in [2.05, 4.69) is 110 Å². The molecule has 0 N–H and O–H groups in total. The van der Waals surface area contributed by atoms with Crippen molar-refractivity contribution in [3.63, 3.8) is 0 Å². The standard InChI is InChI=1S/C19H24N2S.C19H17NOS.ClH/c1-4-20(5-2)15(3)14-21-16-10-6-8-12-18(16)22-19-13-9-7-11-17(19)21;1-14-6-5-9-17(12-14)20(2)19(22)21-18-11-10-15-7-3-4-8-16(15)13-18;/h6-13,15H,4-5,14H2,1-3H3;3-13H,1-2H3;1H. The molecular formula is C38H42ClN3OS2. The van der Waals surface area contributed by atoms with Gasteiger partial charge in [0.2, 0.25) is 0 Å². The van der Waals surface area contributed by atoms with E-state index in [0.29, 0.717) is 11.2 Å². The van der Waals surface area contributed by atoms with Gasteiger partial charge in [0.1, 0.15) is 5.75 Å². The maximum absolute atomic E-state index is 5.84. The van der Waals surface area contributed by atoms with Crippen molar-refractivity contribution in [1.82, 2.24) is 4.90 Å². The molecule has 5 aromatic carbocycles. The van der Waals surface area contributed by atoms with Gasteiger partial charge in [0, 0.05) is 35.1 Å². The summed E-state index contributed by atoms with van der Waals surface area (Å²) >= 11 is 7.29. The number of thiocarbonyl (C=S) groups is 1. The first-order chi connectivity index (χ1) is 21.4. The van der Waals surface area contributed by atoms with Gasteiger partial charge in [0.05, 0.1) is 11.4 Å². The van der Waals surface area contributed by atoms with E-state index in [1.54, 1.807) is 0 Å². The predicted molar refractivity (Wildman–Crippen MR) is 200 cm³/mol. The molecule has 0 spiro atoms. The van der Waals surface area contributed by atoms with Crippen LogP contribution in [0.5, 0.6) is 5.75 Å². The van der Waals surface area contributed by atoms with Gasteiger partial charge < -0.3 is 14.5 Å². The molecule has 0 radical (unpaired) electrons. The second-order valence-corrected chi connectivity index (χ2v) is 12.4. The molecule has 234 valence electrons. The number of aryl methyl sites for hydroxylation is 1. The summed E-state index contributed by atoms with van der Waals surface area (Å²) in [6.07, 6.45) is 0. The fourth-order valence-corrected chi connectivity index (χ4v) is 6.84. The van der Waals surface area contributed by atoms with Crippen molar-refractivity contribution in [2.24, 2.45) is 0 Å². The fraction of sp³-hybridized carbons (Fsp3) is 0.237. The van der Waals surface area contributed by atoms with E-state index in [-0.39, 0.29) is 12.4 Å². The quantitative estimate of drug-likeness (QED) is 0.161. The minimum absolute atomic E-state index is 0. The van der Waals surface area contributed by atoms with E-state index in [9.17, 15) is 0 Å². The van der Waals surface area contributed by atoms with Crippen LogP contribution in [0.15, 0.2) is 125 Å². The van der Waals surface area contributed by atoms with Crippen LogP contribution in [0.4, 0.5) is 17.1 Å². The van der Waals surface area contributed by atoms with Gasteiger partial charge in [-0.25, -0.2) is 0 Å².